The summed E-state index contributed by atoms with van der Waals surface area (Å²) in [5, 5.41) is 8.18. The van der Waals surface area contributed by atoms with Crippen LogP contribution in [-0.2, 0) is 7.05 Å². The lowest BCUT2D eigenvalue weighted by Gasteiger charge is -2.01. The van der Waals surface area contributed by atoms with Crippen molar-refractivity contribution in [3.05, 3.63) is 195 Å². The van der Waals surface area contributed by atoms with Gasteiger partial charge in [0, 0.05) is 53.1 Å². The van der Waals surface area contributed by atoms with E-state index in [2.05, 4.69) is 64.9 Å². The van der Waals surface area contributed by atoms with Gasteiger partial charge in [0.2, 0.25) is 51.0 Å². The third-order valence-electron chi connectivity index (χ3n) is 12.3. The van der Waals surface area contributed by atoms with Gasteiger partial charge in [0.15, 0.2) is 5.58 Å². The first kappa shape index (κ1) is 78.0. The third kappa shape index (κ3) is 24.8. The van der Waals surface area contributed by atoms with E-state index in [1.807, 2.05) is 155 Å². The summed E-state index contributed by atoms with van der Waals surface area (Å²) in [6.07, 6.45) is 3.54. The lowest BCUT2D eigenvalue weighted by molar-refractivity contribution is 0.299. The fourth-order valence-electron chi connectivity index (χ4n) is 7.82. The van der Waals surface area contributed by atoms with Gasteiger partial charge in [-0.1, -0.05) is 100 Å². The van der Waals surface area contributed by atoms with E-state index in [1.165, 1.54) is 43.4 Å². The van der Waals surface area contributed by atoms with Gasteiger partial charge in [0.05, 0.1) is 114 Å². The van der Waals surface area contributed by atoms with Crippen LogP contribution in [0.25, 0.3) is 53.5 Å². The minimum atomic E-state index is 0.0874. The molecule has 0 saturated heterocycles. The van der Waals surface area contributed by atoms with Crippen molar-refractivity contribution in [1.29, 1.82) is 0 Å². The molecule has 5 aromatic carbocycles. The molecular weight excluding hydrogens is 1420 g/mol. The van der Waals surface area contributed by atoms with Crippen LogP contribution in [0.1, 0.15) is 17.0 Å². The molecule has 0 fully saturated rings. The van der Waals surface area contributed by atoms with Crippen LogP contribution in [0.2, 0.25) is 26.0 Å². The van der Waals surface area contributed by atoms with Crippen LogP contribution >= 0.6 is 80.7 Å². The molecule has 14 rings (SSSR count). The third-order valence-corrected chi connectivity index (χ3v) is 15.2. The second-order valence-corrected chi connectivity index (χ2v) is 22.8. The van der Waals surface area contributed by atoms with E-state index in [1.54, 1.807) is 84.2 Å². The Morgan fingerprint density at radius 2 is 0.980 bits per heavy atom. The highest BCUT2D eigenvalue weighted by molar-refractivity contribution is 7.20. The fourth-order valence-corrected chi connectivity index (χ4v) is 10.4. The van der Waals surface area contributed by atoms with Gasteiger partial charge >= 0.3 is 6.08 Å². The summed E-state index contributed by atoms with van der Waals surface area (Å²) < 4.78 is 58.5. The predicted octanol–water partition coefficient (Wildman–Crippen LogP) is 16.4. The van der Waals surface area contributed by atoms with Crippen LogP contribution in [0.15, 0.2) is 156 Å². The minimum Gasteiger partial charge on any atom is -0.490 e. The van der Waals surface area contributed by atoms with E-state index < -0.39 is 0 Å². The maximum absolute atomic E-state index is 5.81. The molecule has 9 heterocycles. The monoisotopic (exact) mass is 1480 g/mol. The van der Waals surface area contributed by atoms with Crippen LogP contribution in [-0.4, -0.2) is 141 Å². The summed E-state index contributed by atoms with van der Waals surface area (Å²) >= 11 is 30.8. The van der Waals surface area contributed by atoms with Crippen LogP contribution in [0.3, 0.4) is 0 Å². The Morgan fingerprint density at radius 1 is 0.404 bits per heavy atom. The van der Waals surface area contributed by atoms with Gasteiger partial charge in [0.25, 0.3) is 16.3 Å². The fraction of sp³-hybridized carbons (Fsp3) is 0.209. The van der Waals surface area contributed by atoms with E-state index in [4.69, 9.17) is 110 Å². The van der Waals surface area contributed by atoms with Crippen molar-refractivity contribution in [3.8, 4) is 57.5 Å². The van der Waals surface area contributed by atoms with E-state index in [9.17, 15) is 0 Å². The summed E-state index contributed by atoms with van der Waals surface area (Å²) in [6.45, 7) is 5.56. The number of thiazole rings is 2. The average Bonchev–Trinajstić information content (AvgIpc) is 1.85. The Hall–Kier alpha value is -10.0. The van der Waals surface area contributed by atoms with Crippen molar-refractivity contribution < 1.29 is 51.8 Å². The molecule has 0 bridgehead atoms. The summed E-state index contributed by atoms with van der Waals surface area (Å²) in [4.78, 5) is 47.7. The SMILES string of the molecule is COc1c(C)nn(C)c1OC.COc1cc(C)nc(Cl)n1.COc1cc(Cl)nc(Cl)n1.COc1ccc2ccccc2n1.COc1cnc2ccccc2n1.COc1nc(Cl)ncc1C.COc1nc2ccc(Cl)cc2s1.COc1nc2ccccc2o1.COc1nc2ccccc2s1. The average molecular weight is 1490 g/mol. The second kappa shape index (κ2) is 40.7. The Labute approximate surface area is 602 Å². The Balaban J connectivity index is 0.000000176. The van der Waals surface area contributed by atoms with Crippen LogP contribution < -0.4 is 47.4 Å². The molecular formula is C67H67Cl5N14O11S2. The number of oxazole rings is 1. The molecule has 25 nitrogen and oxygen atoms in total. The summed E-state index contributed by atoms with van der Waals surface area (Å²) in [5.74, 6) is 3.96. The standard InChI is InChI=1S/C10H9NO.C9H8N2O.C8H6ClNOS.C8H7NO2.C8H7NOS.C7H12N2O2.2C6H7ClN2O.C5H4Cl2N2O/c1-12-10-7-6-8-4-2-3-5-9(8)11-10;1-12-9-6-10-7-4-2-3-5-8(7)11-9;1-11-8-10-6-3-2-5(9)4-7(6)12-8;2*1-10-8-9-6-4-2-3-5-7(6)11-8;1-5-6(10-3)7(11-4)9(2)8-5;1-4-3-8-6(7)9-5(4)10-2;1-4-3-5(10-2)9-6(7)8-4;1-10-4-2-3(6)8-5(7)9-4/h2-7H,1H3;2-6H,1H3;2-4H,1H3;2*2-5H,1H3;1-4H3;2*3H,1-2H3;2H,1H3. The molecule has 0 aliphatic carbocycles. The van der Waals surface area contributed by atoms with Gasteiger partial charge in [-0.05, 0) is 122 Å². The summed E-state index contributed by atoms with van der Waals surface area (Å²) in [7, 11) is 17.6. The van der Waals surface area contributed by atoms with Gasteiger partial charge in [-0.3, -0.25) is 0 Å². The summed E-state index contributed by atoms with van der Waals surface area (Å²) in [6, 6.07) is 43.8. The topological polar surface area (TPSA) is 278 Å². The number of nitrogens with zero attached hydrogens (tertiary/aromatic N) is 14. The normalized spacial score (nSPS) is 9.97. The number of ether oxygens (including phenoxy) is 10. The number of methoxy groups -OCH3 is 10. The number of aromatic nitrogens is 14. The zero-order valence-corrected chi connectivity index (χ0v) is 61.3. The molecule has 0 unspecified atom stereocenters. The number of aryl methyl sites for hydroxylation is 4. The van der Waals surface area contributed by atoms with Crippen LogP contribution in [0, 0.1) is 20.8 Å². The number of benzene rings is 5. The molecule has 14 aromatic rings. The van der Waals surface area contributed by atoms with Gasteiger partial charge in [-0.2, -0.15) is 25.0 Å². The summed E-state index contributed by atoms with van der Waals surface area (Å²) in [5.41, 5.74) is 8.76. The first-order valence-electron chi connectivity index (χ1n) is 28.8. The molecule has 0 aliphatic rings. The van der Waals surface area contributed by atoms with Gasteiger partial charge in [-0.25, -0.2) is 44.6 Å². The highest BCUT2D eigenvalue weighted by Crippen LogP contribution is 2.31. The molecule has 32 heteroatoms. The molecule has 0 N–H and O–H groups in total. The molecule has 9 aromatic heterocycles. The molecule has 0 saturated carbocycles. The van der Waals surface area contributed by atoms with Crippen molar-refractivity contribution in [2.24, 2.45) is 7.05 Å². The number of hydrogen-bond acceptors (Lipinski definition) is 26. The maximum atomic E-state index is 5.81. The van der Waals surface area contributed by atoms with Crippen molar-refractivity contribution in [2.75, 3.05) is 71.1 Å². The van der Waals surface area contributed by atoms with Crippen LogP contribution in [0.5, 0.6) is 57.5 Å². The Kier molecular flexibility index (Phi) is 32.0. The lowest BCUT2D eigenvalue weighted by atomic mass is 10.2. The number of rotatable bonds is 10. The predicted molar refractivity (Wildman–Crippen MR) is 389 cm³/mol. The highest BCUT2D eigenvalue weighted by atomic mass is 35.5. The molecule has 518 valence electrons. The molecule has 0 radical (unpaired) electrons. The van der Waals surface area contributed by atoms with Crippen LogP contribution in [0.4, 0.5) is 0 Å². The van der Waals surface area contributed by atoms with Crippen molar-refractivity contribution in [2.45, 2.75) is 20.8 Å². The maximum Gasteiger partial charge on any atom is 0.394 e. The van der Waals surface area contributed by atoms with Crippen molar-refractivity contribution in [1.82, 2.24) is 69.6 Å². The molecule has 99 heavy (non-hydrogen) atoms. The molecule has 0 amide bonds. The largest absolute Gasteiger partial charge is 0.490 e. The lowest BCUT2D eigenvalue weighted by Crippen LogP contribution is -1.95. The first-order valence-corrected chi connectivity index (χ1v) is 32.3. The number of fused-ring (bicyclic) bond motifs is 5. The van der Waals surface area contributed by atoms with E-state index in [0.29, 0.717) is 52.3 Å². The van der Waals surface area contributed by atoms with Gasteiger partial charge in [0.1, 0.15) is 16.4 Å². The zero-order chi connectivity index (χ0) is 71.8. The number of halogens is 5. The van der Waals surface area contributed by atoms with E-state index >= 15 is 0 Å². The first-order chi connectivity index (χ1) is 47.8. The van der Waals surface area contributed by atoms with Crippen molar-refractivity contribution >= 4 is 134 Å². The van der Waals surface area contributed by atoms with Gasteiger partial charge < -0.3 is 51.8 Å². The number of hydrogen-bond donors (Lipinski definition) is 0. The van der Waals surface area contributed by atoms with E-state index in [0.717, 1.165) is 75.9 Å². The number of para-hydroxylation sites is 6. The second-order valence-electron chi connectivity index (χ2n) is 19.0. The molecule has 0 atom stereocenters. The van der Waals surface area contributed by atoms with Gasteiger partial charge in [-0.15, -0.1) is 0 Å². The number of pyridine rings is 1. The Bertz CT molecular complexity index is 4470. The molecule has 0 spiro atoms. The van der Waals surface area contributed by atoms with E-state index in [-0.39, 0.29) is 21.0 Å². The minimum absolute atomic E-state index is 0.0874. The Morgan fingerprint density at radius 3 is 1.56 bits per heavy atom. The quantitative estimate of drug-likeness (QED) is 0.0908. The molecule has 0 aliphatic heterocycles. The smallest absolute Gasteiger partial charge is 0.394 e. The zero-order valence-electron chi connectivity index (χ0n) is 55.9. The highest BCUT2D eigenvalue weighted by Gasteiger charge is 2.13. The van der Waals surface area contributed by atoms with Crippen molar-refractivity contribution in [3.63, 3.8) is 0 Å².